The van der Waals surface area contributed by atoms with Gasteiger partial charge in [0.05, 0.1) is 5.69 Å². The molecule has 0 aliphatic carbocycles. The number of carboxylic acids is 1. The van der Waals surface area contributed by atoms with Gasteiger partial charge in [-0.15, -0.1) is 5.10 Å². The Bertz CT molecular complexity index is 408. The highest BCUT2D eigenvalue weighted by Gasteiger charge is 2.28. The van der Waals surface area contributed by atoms with Crippen LogP contribution >= 0.6 is 0 Å². The van der Waals surface area contributed by atoms with Gasteiger partial charge in [-0.1, -0.05) is 5.21 Å². The van der Waals surface area contributed by atoms with Gasteiger partial charge in [0.15, 0.2) is 5.69 Å². The summed E-state index contributed by atoms with van der Waals surface area (Å²) in [7, 11) is 0. The molecule has 1 fully saturated rings. The van der Waals surface area contributed by atoms with Crippen molar-refractivity contribution in [3.8, 4) is 0 Å². The molecular weight excluding hydrogens is 220 g/mol. The van der Waals surface area contributed by atoms with Crippen molar-refractivity contribution in [2.24, 2.45) is 0 Å². The monoisotopic (exact) mass is 238 g/mol. The van der Waals surface area contributed by atoms with Crippen molar-refractivity contribution in [3.63, 3.8) is 0 Å². The average Bonchev–Trinajstić information content (AvgIpc) is 2.74. The molecule has 1 aliphatic heterocycles. The standard InChI is InChI=1S/C11H18N4O2/c1-7(2)15-10(8-3-5-12-6-4-8)9(11(16)17)13-14-15/h7-8,12H,3-6H2,1-2H3,(H,16,17). The fourth-order valence-corrected chi connectivity index (χ4v) is 2.31. The molecule has 17 heavy (non-hydrogen) atoms. The van der Waals surface area contributed by atoms with Crippen molar-refractivity contribution in [3.05, 3.63) is 11.4 Å². The van der Waals surface area contributed by atoms with E-state index in [1.54, 1.807) is 4.68 Å². The minimum absolute atomic E-state index is 0.116. The zero-order chi connectivity index (χ0) is 12.4. The maximum absolute atomic E-state index is 11.2. The number of aromatic nitrogens is 3. The van der Waals surface area contributed by atoms with Crippen molar-refractivity contribution in [2.75, 3.05) is 13.1 Å². The average molecular weight is 238 g/mol. The van der Waals surface area contributed by atoms with E-state index in [-0.39, 0.29) is 17.7 Å². The van der Waals surface area contributed by atoms with E-state index >= 15 is 0 Å². The normalized spacial score (nSPS) is 17.6. The Hall–Kier alpha value is -1.43. The summed E-state index contributed by atoms with van der Waals surface area (Å²) in [5.41, 5.74) is 0.902. The first-order valence-electron chi connectivity index (χ1n) is 6.00. The Labute approximate surface area is 100 Å². The van der Waals surface area contributed by atoms with Gasteiger partial charge >= 0.3 is 5.97 Å². The van der Waals surface area contributed by atoms with Crippen LogP contribution in [0.5, 0.6) is 0 Å². The molecule has 94 valence electrons. The Morgan fingerprint density at radius 1 is 1.47 bits per heavy atom. The topological polar surface area (TPSA) is 80.0 Å². The summed E-state index contributed by atoms with van der Waals surface area (Å²) in [4.78, 5) is 11.2. The molecule has 2 N–H and O–H groups in total. The van der Waals surface area contributed by atoms with Crippen LogP contribution in [0.1, 0.15) is 54.8 Å². The molecular formula is C11H18N4O2. The van der Waals surface area contributed by atoms with Gasteiger partial charge in [-0.05, 0) is 39.8 Å². The highest BCUT2D eigenvalue weighted by atomic mass is 16.4. The van der Waals surface area contributed by atoms with E-state index < -0.39 is 5.97 Å². The molecule has 0 amide bonds. The van der Waals surface area contributed by atoms with Crippen LogP contribution < -0.4 is 5.32 Å². The summed E-state index contributed by atoms with van der Waals surface area (Å²) in [6.07, 6.45) is 1.89. The van der Waals surface area contributed by atoms with Crippen molar-refractivity contribution >= 4 is 5.97 Å². The second-order valence-corrected chi connectivity index (χ2v) is 4.69. The van der Waals surface area contributed by atoms with Crippen LogP contribution in [0, 0.1) is 0 Å². The first-order valence-corrected chi connectivity index (χ1v) is 6.00. The number of nitrogens with zero attached hydrogens (tertiary/aromatic N) is 3. The molecule has 2 rings (SSSR count). The van der Waals surface area contributed by atoms with Crippen LogP contribution in [0.2, 0.25) is 0 Å². The third-order valence-corrected chi connectivity index (χ3v) is 3.15. The number of nitrogens with one attached hydrogen (secondary N) is 1. The van der Waals surface area contributed by atoms with Crippen LogP contribution in [0.15, 0.2) is 0 Å². The summed E-state index contributed by atoms with van der Waals surface area (Å²) in [6, 6.07) is 0.139. The third kappa shape index (κ3) is 2.31. The van der Waals surface area contributed by atoms with Crippen LogP contribution in [0.25, 0.3) is 0 Å². The van der Waals surface area contributed by atoms with Gasteiger partial charge in [0.1, 0.15) is 0 Å². The van der Waals surface area contributed by atoms with Crippen molar-refractivity contribution in [1.82, 2.24) is 20.3 Å². The number of piperidine rings is 1. The SMILES string of the molecule is CC(C)n1nnc(C(=O)O)c1C1CCNCC1. The van der Waals surface area contributed by atoms with E-state index in [4.69, 9.17) is 5.11 Å². The van der Waals surface area contributed by atoms with Gasteiger partial charge in [0, 0.05) is 12.0 Å². The number of rotatable bonds is 3. The van der Waals surface area contributed by atoms with E-state index in [0.717, 1.165) is 31.6 Å². The van der Waals surface area contributed by atoms with Gasteiger partial charge in [-0.3, -0.25) is 0 Å². The maximum Gasteiger partial charge on any atom is 0.358 e. The van der Waals surface area contributed by atoms with Crippen molar-refractivity contribution in [2.45, 2.75) is 38.6 Å². The molecule has 6 heteroatoms. The van der Waals surface area contributed by atoms with E-state index in [0.29, 0.717) is 0 Å². The van der Waals surface area contributed by atoms with Crippen LogP contribution in [0.4, 0.5) is 0 Å². The van der Waals surface area contributed by atoms with Gasteiger partial charge in [0.25, 0.3) is 0 Å². The summed E-state index contributed by atoms with van der Waals surface area (Å²) in [5, 5.41) is 20.2. The van der Waals surface area contributed by atoms with Crippen molar-refractivity contribution < 1.29 is 9.90 Å². The molecule has 2 heterocycles. The summed E-state index contributed by atoms with van der Waals surface area (Å²) in [6.45, 7) is 5.83. The molecule has 1 aromatic rings. The van der Waals surface area contributed by atoms with E-state index in [1.807, 2.05) is 13.8 Å². The number of hydrogen-bond donors (Lipinski definition) is 2. The highest BCUT2D eigenvalue weighted by Crippen LogP contribution is 2.28. The van der Waals surface area contributed by atoms with Crippen LogP contribution in [-0.4, -0.2) is 39.2 Å². The Morgan fingerprint density at radius 2 is 2.12 bits per heavy atom. The molecule has 0 aromatic carbocycles. The van der Waals surface area contributed by atoms with E-state index in [2.05, 4.69) is 15.6 Å². The summed E-state index contributed by atoms with van der Waals surface area (Å²) >= 11 is 0. The Kier molecular flexibility index (Phi) is 3.42. The largest absolute Gasteiger partial charge is 0.476 e. The molecule has 0 unspecified atom stereocenters. The highest BCUT2D eigenvalue weighted by molar-refractivity contribution is 5.86. The zero-order valence-electron chi connectivity index (χ0n) is 10.2. The molecule has 0 saturated carbocycles. The lowest BCUT2D eigenvalue weighted by molar-refractivity contribution is 0.0688. The first-order chi connectivity index (χ1) is 8.11. The lowest BCUT2D eigenvalue weighted by Gasteiger charge is -2.24. The lowest BCUT2D eigenvalue weighted by Crippen LogP contribution is -2.29. The number of carbonyl (C=O) groups is 1. The number of hydrogen-bond acceptors (Lipinski definition) is 4. The maximum atomic E-state index is 11.2. The van der Waals surface area contributed by atoms with Crippen molar-refractivity contribution in [1.29, 1.82) is 0 Å². The molecule has 1 aromatic heterocycles. The Balaban J connectivity index is 2.39. The Morgan fingerprint density at radius 3 is 2.65 bits per heavy atom. The fraction of sp³-hybridized carbons (Fsp3) is 0.727. The lowest BCUT2D eigenvalue weighted by atomic mass is 9.93. The minimum atomic E-state index is -0.981. The summed E-state index contributed by atoms with van der Waals surface area (Å²) in [5.74, 6) is -0.731. The first kappa shape index (κ1) is 12.0. The fourth-order valence-electron chi connectivity index (χ4n) is 2.31. The molecule has 0 spiro atoms. The van der Waals surface area contributed by atoms with Gasteiger partial charge in [-0.2, -0.15) is 0 Å². The van der Waals surface area contributed by atoms with Gasteiger partial charge in [-0.25, -0.2) is 9.48 Å². The second kappa shape index (κ2) is 4.83. The predicted octanol–water partition coefficient (Wildman–Crippen LogP) is 1.02. The molecule has 1 aliphatic rings. The third-order valence-electron chi connectivity index (χ3n) is 3.15. The minimum Gasteiger partial charge on any atom is -0.476 e. The van der Waals surface area contributed by atoms with Gasteiger partial charge in [0.2, 0.25) is 0 Å². The van der Waals surface area contributed by atoms with Crippen LogP contribution in [-0.2, 0) is 0 Å². The predicted molar refractivity (Wildman–Crippen MR) is 62.2 cm³/mol. The van der Waals surface area contributed by atoms with Gasteiger partial charge < -0.3 is 10.4 Å². The molecule has 0 bridgehead atoms. The molecule has 0 radical (unpaired) electrons. The summed E-state index contributed by atoms with van der Waals surface area (Å²) < 4.78 is 1.75. The van der Waals surface area contributed by atoms with E-state index in [1.165, 1.54) is 0 Å². The molecule has 0 atom stereocenters. The molecule has 6 nitrogen and oxygen atoms in total. The smallest absolute Gasteiger partial charge is 0.358 e. The quantitative estimate of drug-likeness (QED) is 0.822. The van der Waals surface area contributed by atoms with Crippen LogP contribution in [0.3, 0.4) is 0 Å². The number of carboxylic acid groups (broad SMARTS) is 1. The number of aromatic carboxylic acids is 1. The zero-order valence-corrected chi connectivity index (χ0v) is 10.2. The van der Waals surface area contributed by atoms with E-state index in [9.17, 15) is 4.79 Å². The second-order valence-electron chi connectivity index (χ2n) is 4.69. The molecule has 1 saturated heterocycles.